The Hall–Kier alpha value is -3.97. The molecule has 0 fully saturated rings. The summed E-state index contributed by atoms with van der Waals surface area (Å²) in [6, 6.07) is 14.7. The van der Waals surface area contributed by atoms with E-state index in [0.29, 0.717) is 5.56 Å². The molecule has 0 saturated heterocycles. The number of amides is 4. The van der Waals surface area contributed by atoms with Crippen molar-refractivity contribution in [2.75, 3.05) is 12.3 Å². The summed E-state index contributed by atoms with van der Waals surface area (Å²) < 4.78 is 27.7. The first-order valence-corrected chi connectivity index (χ1v) is 12.1. The number of primary amides is 1. The quantitative estimate of drug-likeness (QED) is 0.241. The average Bonchev–Trinajstić information content (AvgIpc) is 2.81. The van der Waals surface area contributed by atoms with Crippen LogP contribution in [0, 0.1) is 0 Å². The van der Waals surface area contributed by atoms with E-state index in [1.807, 2.05) is 6.07 Å². The van der Waals surface area contributed by atoms with Crippen LogP contribution < -0.4 is 26.8 Å². The zero-order chi connectivity index (χ0) is 25.8. The summed E-state index contributed by atoms with van der Waals surface area (Å²) in [6.45, 7) is -0.492. The summed E-state index contributed by atoms with van der Waals surface area (Å²) >= 11 is 0. The number of primary sulfonamides is 1. The molecule has 2 aromatic carbocycles. The van der Waals surface area contributed by atoms with Crippen LogP contribution in [0.1, 0.15) is 11.1 Å². The lowest BCUT2D eigenvalue weighted by Gasteiger charge is -2.22. The molecule has 2 unspecified atom stereocenters. The molecule has 13 heteroatoms. The van der Waals surface area contributed by atoms with Crippen molar-refractivity contribution in [1.82, 2.24) is 16.0 Å². The second kappa shape index (κ2) is 13.1. The van der Waals surface area contributed by atoms with E-state index in [4.69, 9.17) is 15.6 Å². The minimum atomic E-state index is -4.13. The van der Waals surface area contributed by atoms with Crippen LogP contribution in [0.5, 0.6) is 0 Å². The number of ether oxygens (including phenoxy) is 1. The highest BCUT2D eigenvalue weighted by molar-refractivity contribution is 7.89. The molecule has 0 heterocycles. The highest BCUT2D eigenvalue weighted by Crippen LogP contribution is 2.05. The van der Waals surface area contributed by atoms with Crippen LogP contribution in [0.4, 0.5) is 4.79 Å². The number of rotatable bonds is 12. The van der Waals surface area contributed by atoms with Crippen LogP contribution in [0.15, 0.2) is 60.7 Å². The third-order valence-electron chi connectivity index (χ3n) is 4.60. The van der Waals surface area contributed by atoms with Gasteiger partial charge in [0.05, 0.1) is 5.75 Å². The van der Waals surface area contributed by atoms with Gasteiger partial charge in [0, 0.05) is 6.42 Å². The molecule has 0 aromatic heterocycles. The van der Waals surface area contributed by atoms with Crippen molar-refractivity contribution in [2.24, 2.45) is 10.9 Å². The minimum Gasteiger partial charge on any atom is -0.445 e. The number of hydrogen-bond acceptors (Lipinski definition) is 7. The molecule has 2 aromatic rings. The number of hydrogen-bond donors (Lipinski definition) is 5. The molecule has 35 heavy (non-hydrogen) atoms. The molecule has 0 aliphatic heterocycles. The summed E-state index contributed by atoms with van der Waals surface area (Å²) in [5.74, 6) is -3.60. The number of sulfonamides is 1. The van der Waals surface area contributed by atoms with E-state index in [1.54, 1.807) is 54.6 Å². The van der Waals surface area contributed by atoms with Gasteiger partial charge in [0.1, 0.15) is 25.2 Å². The molecule has 4 amide bonds. The van der Waals surface area contributed by atoms with Gasteiger partial charge < -0.3 is 26.4 Å². The van der Waals surface area contributed by atoms with Crippen molar-refractivity contribution in [3.63, 3.8) is 0 Å². The van der Waals surface area contributed by atoms with Crippen LogP contribution in [0.2, 0.25) is 0 Å². The predicted molar refractivity (Wildman–Crippen MR) is 126 cm³/mol. The maximum atomic E-state index is 12.8. The van der Waals surface area contributed by atoms with Crippen molar-refractivity contribution >= 4 is 33.8 Å². The fraction of sp³-hybridized carbons (Fsp3) is 0.273. The lowest BCUT2D eigenvalue weighted by atomic mass is 10.0. The highest BCUT2D eigenvalue weighted by atomic mass is 32.2. The van der Waals surface area contributed by atoms with E-state index in [9.17, 15) is 27.6 Å². The molecule has 2 rings (SSSR count). The largest absolute Gasteiger partial charge is 0.445 e. The highest BCUT2D eigenvalue weighted by Gasteiger charge is 2.28. The standard InChI is InChI=1S/C22H27N5O7S/c23-20(29)18(14-35(24,32)33)27-21(30)17(11-15-7-3-1-4-8-15)26-19(28)12-25-22(31)34-13-16-9-5-2-6-10-16/h1-10,17-18H,11-14H2,(H2,23,29)(H,25,31)(H,26,28)(H,27,30)(H2,24,32,33). The molecule has 0 saturated carbocycles. The molecule has 12 nitrogen and oxygen atoms in total. The normalized spacial score (nSPS) is 12.6. The van der Waals surface area contributed by atoms with Gasteiger partial charge in [-0.1, -0.05) is 60.7 Å². The zero-order valence-electron chi connectivity index (χ0n) is 18.7. The molecule has 0 radical (unpaired) electrons. The molecular weight excluding hydrogens is 478 g/mol. The number of carbonyl (C=O) groups excluding carboxylic acids is 4. The lowest BCUT2D eigenvalue weighted by Crippen LogP contribution is -2.56. The Morgan fingerprint density at radius 3 is 1.97 bits per heavy atom. The monoisotopic (exact) mass is 505 g/mol. The summed E-state index contributed by atoms with van der Waals surface area (Å²) in [5.41, 5.74) is 6.61. The Morgan fingerprint density at radius 1 is 0.857 bits per heavy atom. The van der Waals surface area contributed by atoms with Crippen molar-refractivity contribution in [3.8, 4) is 0 Å². The van der Waals surface area contributed by atoms with Crippen molar-refractivity contribution in [2.45, 2.75) is 25.1 Å². The van der Waals surface area contributed by atoms with Gasteiger partial charge in [-0.2, -0.15) is 0 Å². The van der Waals surface area contributed by atoms with E-state index in [-0.39, 0.29) is 13.0 Å². The van der Waals surface area contributed by atoms with Crippen LogP contribution in [-0.2, 0) is 42.2 Å². The summed E-state index contributed by atoms with van der Waals surface area (Å²) in [6.07, 6.45) is -0.826. The first-order chi connectivity index (χ1) is 16.5. The van der Waals surface area contributed by atoms with Gasteiger partial charge in [-0.3, -0.25) is 14.4 Å². The first kappa shape index (κ1) is 27.3. The molecule has 7 N–H and O–H groups in total. The van der Waals surface area contributed by atoms with Gasteiger partial charge in [-0.25, -0.2) is 18.4 Å². The SMILES string of the molecule is NC(=O)C(CS(N)(=O)=O)NC(=O)C(Cc1ccccc1)NC(=O)CNC(=O)OCc1ccccc1. The van der Waals surface area contributed by atoms with Crippen molar-refractivity contribution in [3.05, 3.63) is 71.8 Å². The lowest BCUT2D eigenvalue weighted by molar-refractivity contribution is -0.130. The molecule has 188 valence electrons. The van der Waals surface area contributed by atoms with E-state index < -0.39 is 58.2 Å². The van der Waals surface area contributed by atoms with Crippen molar-refractivity contribution in [1.29, 1.82) is 0 Å². The van der Waals surface area contributed by atoms with E-state index in [2.05, 4.69) is 16.0 Å². The Balaban J connectivity index is 1.99. The topological polar surface area (TPSA) is 200 Å². The predicted octanol–water partition coefficient (Wildman–Crippen LogP) is -1.10. The second-order valence-corrected chi connectivity index (χ2v) is 9.18. The van der Waals surface area contributed by atoms with E-state index in [0.717, 1.165) is 5.56 Å². The Morgan fingerprint density at radius 2 is 1.43 bits per heavy atom. The zero-order valence-corrected chi connectivity index (χ0v) is 19.5. The maximum Gasteiger partial charge on any atom is 0.407 e. The second-order valence-electron chi connectivity index (χ2n) is 7.52. The molecule has 0 aliphatic rings. The molecule has 2 atom stereocenters. The van der Waals surface area contributed by atoms with Gasteiger partial charge in [0.25, 0.3) is 0 Å². The molecule has 0 spiro atoms. The van der Waals surface area contributed by atoms with Crippen LogP contribution in [0.25, 0.3) is 0 Å². The first-order valence-electron chi connectivity index (χ1n) is 10.4. The summed E-state index contributed by atoms with van der Waals surface area (Å²) in [7, 11) is -4.13. The number of benzene rings is 2. The number of nitrogens with two attached hydrogens (primary N) is 2. The minimum absolute atomic E-state index is 0.00584. The summed E-state index contributed by atoms with van der Waals surface area (Å²) in [5, 5.41) is 11.9. The van der Waals surface area contributed by atoms with Gasteiger partial charge in [-0.15, -0.1) is 0 Å². The van der Waals surface area contributed by atoms with Crippen LogP contribution >= 0.6 is 0 Å². The Bertz CT molecular complexity index is 1130. The molecular formula is C22H27N5O7S. The van der Waals surface area contributed by atoms with E-state index >= 15 is 0 Å². The fourth-order valence-corrected chi connectivity index (χ4v) is 3.64. The average molecular weight is 506 g/mol. The van der Waals surface area contributed by atoms with Crippen molar-refractivity contribution < 1.29 is 32.3 Å². The van der Waals surface area contributed by atoms with Gasteiger partial charge in [0.2, 0.25) is 27.7 Å². The maximum absolute atomic E-state index is 12.8. The molecule has 0 aliphatic carbocycles. The third kappa shape index (κ3) is 10.7. The van der Waals surface area contributed by atoms with Gasteiger partial charge in [-0.05, 0) is 11.1 Å². The number of nitrogens with one attached hydrogen (secondary N) is 3. The third-order valence-corrected chi connectivity index (χ3v) is 5.40. The van der Waals surface area contributed by atoms with Gasteiger partial charge in [0.15, 0.2) is 0 Å². The summed E-state index contributed by atoms with van der Waals surface area (Å²) in [4.78, 5) is 48.7. The number of alkyl carbamates (subject to hydrolysis) is 1. The smallest absolute Gasteiger partial charge is 0.407 e. The van der Waals surface area contributed by atoms with Crippen LogP contribution in [0.3, 0.4) is 0 Å². The molecule has 0 bridgehead atoms. The van der Waals surface area contributed by atoms with Gasteiger partial charge >= 0.3 is 6.09 Å². The number of carbonyl (C=O) groups is 4. The van der Waals surface area contributed by atoms with Crippen LogP contribution in [-0.4, -0.2) is 56.6 Å². The Kier molecular flexibility index (Phi) is 10.2. The Labute approximate surface area is 202 Å². The van der Waals surface area contributed by atoms with E-state index in [1.165, 1.54) is 0 Å². The fourth-order valence-electron chi connectivity index (χ4n) is 2.93.